The summed E-state index contributed by atoms with van der Waals surface area (Å²) in [5.74, 6) is 0. The number of hydrogen-bond acceptors (Lipinski definition) is 1. The normalized spacial score (nSPS) is 15.7. The molecule has 3 heteroatoms. The third-order valence-electron chi connectivity index (χ3n) is 3.92. The van der Waals surface area contributed by atoms with Crippen LogP contribution in [0.5, 0.6) is 0 Å². The van der Waals surface area contributed by atoms with Gasteiger partial charge >= 0.3 is 0 Å². The predicted molar refractivity (Wildman–Crippen MR) is 88.3 cm³/mol. The van der Waals surface area contributed by atoms with Gasteiger partial charge in [0, 0.05) is 29.1 Å². The molecular weight excluding hydrogens is 334 g/mol. The smallest absolute Gasteiger partial charge is 0.0462 e. The van der Waals surface area contributed by atoms with Crippen molar-refractivity contribution < 1.29 is 0 Å². The molecule has 3 rings (SSSR count). The Morgan fingerprint density at radius 2 is 1.65 bits per heavy atom. The van der Waals surface area contributed by atoms with Gasteiger partial charge in [-0.05, 0) is 41.7 Å². The summed E-state index contributed by atoms with van der Waals surface area (Å²) in [6, 6.07) is 14.9. The Morgan fingerprint density at radius 3 is 2.25 bits per heavy atom. The fourth-order valence-corrected chi connectivity index (χ4v) is 3.50. The standard InChI is InChI=1S/C17H17BrClN/c18-16-6-5-15(17(19)11-16)12-20-9-7-13-3-1-2-4-14(13)8-10-20/h1-6,11H,7-10,12H2. The molecule has 0 bridgehead atoms. The maximum Gasteiger partial charge on any atom is 0.0462 e. The molecule has 2 aromatic rings. The van der Waals surface area contributed by atoms with Crippen LogP contribution >= 0.6 is 27.5 Å². The van der Waals surface area contributed by atoms with E-state index in [0.29, 0.717) is 0 Å². The molecule has 0 atom stereocenters. The second kappa shape index (κ2) is 6.30. The van der Waals surface area contributed by atoms with Crippen LogP contribution in [0.2, 0.25) is 5.02 Å². The monoisotopic (exact) mass is 349 g/mol. The summed E-state index contributed by atoms with van der Waals surface area (Å²) in [4.78, 5) is 2.50. The van der Waals surface area contributed by atoms with Crippen LogP contribution in [-0.4, -0.2) is 18.0 Å². The Labute approximate surface area is 133 Å². The van der Waals surface area contributed by atoms with E-state index in [2.05, 4.69) is 57.2 Å². The van der Waals surface area contributed by atoms with Crippen LogP contribution in [0.4, 0.5) is 0 Å². The Balaban J connectivity index is 1.71. The van der Waals surface area contributed by atoms with Crippen molar-refractivity contribution in [2.24, 2.45) is 0 Å². The number of nitrogens with zero attached hydrogens (tertiary/aromatic N) is 1. The van der Waals surface area contributed by atoms with Crippen LogP contribution in [0.3, 0.4) is 0 Å². The highest BCUT2D eigenvalue weighted by Crippen LogP contribution is 2.24. The van der Waals surface area contributed by atoms with E-state index in [1.165, 1.54) is 16.7 Å². The van der Waals surface area contributed by atoms with Crippen molar-refractivity contribution in [3.63, 3.8) is 0 Å². The van der Waals surface area contributed by atoms with Crippen LogP contribution in [0.1, 0.15) is 16.7 Å². The number of fused-ring (bicyclic) bond motifs is 1. The van der Waals surface area contributed by atoms with Crippen molar-refractivity contribution in [3.05, 3.63) is 68.7 Å². The van der Waals surface area contributed by atoms with E-state index in [4.69, 9.17) is 11.6 Å². The lowest BCUT2D eigenvalue weighted by Crippen LogP contribution is -2.26. The summed E-state index contributed by atoms with van der Waals surface area (Å²) in [5, 5.41) is 0.848. The zero-order chi connectivity index (χ0) is 13.9. The van der Waals surface area contributed by atoms with E-state index < -0.39 is 0 Å². The van der Waals surface area contributed by atoms with Gasteiger partial charge in [-0.2, -0.15) is 0 Å². The first-order valence-electron chi connectivity index (χ1n) is 6.95. The quantitative estimate of drug-likeness (QED) is 0.758. The Bertz CT molecular complexity index is 585. The fraction of sp³-hybridized carbons (Fsp3) is 0.294. The molecule has 1 aliphatic heterocycles. The van der Waals surface area contributed by atoms with Crippen molar-refractivity contribution in [2.45, 2.75) is 19.4 Å². The van der Waals surface area contributed by atoms with Gasteiger partial charge in [0.15, 0.2) is 0 Å². The summed E-state index contributed by atoms with van der Waals surface area (Å²) in [6.07, 6.45) is 2.26. The van der Waals surface area contributed by atoms with Gasteiger partial charge in [-0.15, -0.1) is 0 Å². The highest BCUT2D eigenvalue weighted by atomic mass is 79.9. The topological polar surface area (TPSA) is 3.24 Å². The lowest BCUT2D eigenvalue weighted by molar-refractivity contribution is 0.279. The summed E-state index contributed by atoms with van der Waals surface area (Å²) in [5.41, 5.74) is 4.20. The van der Waals surface area contributed by atoms with Crippen LogP contribution in [0, 0.1) is 0 Å². The average molecular weight is 351 g/mol. The third-order valence-corrected chi connectivity index (χ3v) is 4.77. The Hall–Kier alpha value is -0.830. The van der Waals surface area contributed by atoms with Gasteiger partial charge < -0.3 is 0 Å². The summed E-state index contributed by atoms with van der Waals surface area (Å²) in [6.45, 7) is 3.13. The fourth-order valence-electron chi connectivity index (χ4n) is 2.76. The van der Waals surface area contributed by atoms with Gasteiger partial charge in [-0.1, -0.05) is 57.9 Å². The number of halogens is 2. The van der Waals surface area contributed by atoms with Gasteiger partial charge in [0.1, 0.15) is 0 Å². The maximum atomic E-state index is 6.32. The predicted octanol–water partition coefficient (Wildman–Crippen LogP) is 4.70. The molecule has 0 aromatic heterocycles. The first-order chi connectivity index (χ1) is 9.72. The zero-order valence-electron chi connectivity index (χ0n) is 11.3. The van der Waals surface area contributed by atoms with E-state index in [1.807, 2.05) is 6.07 Å². The Morgan fingerprint density at radius 1 is 1.00 bits per heavy atom. The zero-order valence-corrected chi connectivity index (χ0v) is 13.6. The van der Waals surface area contributed by atoms with E-state index in [0.717, 1.165) is 42.0 Å². The van der Waals surface area contributed by atoms with Gasteiger partial charge in [0.05, 0.1) is 0 Å². The second-order valence-corrected chi connectivity index (χ2v) is 6.60. The van der Waals surface area contributed by atoms with E-state index in [1.54, 1.807) is 0 Å². The minimum absolute atomic E-state index is 0.848. The molecule has 2 aromatic carbocycles. The number of rotatable bonds is 2. The molecule has 1 nitrogen and oxygen atoms in total. The van der Waals surface area contributed by atoms with Crippen LogP contribution < -0.4 is 0 Å². The molecule has 104 valence electrons. The molecule has 0 saturated heterocycles. The molecule has 20 heavy (non-hydrogen) atoms. The van der Waals surface area contributed by atoms with Crippen molar-refractivity contribution in [1.29, 1.82) is 0 Å². The largest absolute Gasteiger partial charge is 0.298 e. The molecule has 0 saturated carbocycles. The van der Waals surface area contributed by atoms with E-state index in [-0.39, 0.29) is 0 Å². The van der Waals surface area contributed by atoms with Crippen molar-refractivity contribution >= 4 is 27.5 Å². The third kappa shape index (κ3) is 3.25. The first kappa shape index (κ1) is 14.1. The van der Waals surface area contributed by atoms with Crippen molar-refractivity contribution in [3.8, 4) is 0 Å². The lowest BCUT2D eigenvalue weighted by Gasteiger charge is -2.20. The summed E-state index contributed by atoms with van der Waals surface area (Å²) in [7, 11) is 0. The summed E-state index contributed by atoms with van der Waals surface area (Å²) < 4.78 is 1.04. The number of benzene rings is 2. The molecule has 0 amide bonds. The minimum atomic E-state index is 0.848. The lowest BCUT2D eigenvalue weighted by atomic mass is 10.0. The Kier molecular flexibility index (Phi) is 4.45. The van der Waals surface area contributed by atoms with Crippen molar-refractivity contribution in [2.75, 3.05) is 13.1 Å². The minimum Gasteiger partial charge on any atom is -0.298 e. The molecule has 0 aliphatic carbocycles. The highest BCUT2D eigenvalue weighted by Gasteiger charge is 2.14. The van der Waals surface area contributed by atoms with Crippen LogP contribution in [0.25, 0.3) is 0 Å². The summed E-state index contributed by atoms with van der Waals surface area (Å²) >= 11 is 9.78. The molecule has 0 fully saturated rings. The number of hydrogen-bond donors (Lipinski definition) is 0. The first-order valence-corrected chi connectivity index (χ1v) is 8.12. The molecule has 0 unspecified atom stereocenters. The van der Waals surface area contributed by atoms with Gasteiger partial charge in [0.2, 0.25) is 0 Å². The van der Waals surface area contributed by atoms with Gasteiger partial charge in [0.25, 0.3) is 0 Å². The van der Waals surface area contributed by atoms with E-state index >= 15 is 0 Å². The molecular formula is C17H17BrClN. The molecule has 0 N–H and O–H groups in total. The molecule has 0 radical (unpaired) electrons. The van der Waals surface area contributed by atoms with Gasteiger partial charge in [-0.25, -0.2) is 0 Å². The van der Waals surface area contributed by atoms with Gasteiger partial charge in [-0.3, -0.25) is 4.90 Å². The highest BCUT2D eigenvalue weighted by molar-refractivity contribution is 9.10. The SMILES string of the molecule is Clc1cc(Br)ccc1CN1CCc2ccccc2CC1. The molecule has 0 spiro atoms. The van der Waals surface area contributed by atoms with Crippen LogP contribution in [0.15, 0.2) is 46.9 Å². The van der Waals surface area contributed by atoms with Crippen LogP contribution in [-0.2, 0) is 19.4 Å². The van der Waals surface area contributed by atoms with Crippen molar-refractivity contribution in [1.82, 2.24) is 4.90 Å². The second-order valence-electron chi connectivity index (χ2n) is 5.28. The average Bonchev–Trinajstić information content (AvgIpc) is 2.65. The maximum absolute atomic E-state index is 6.32. The molecule has 1 aliphatic rings. The molecule has 1 heterocycles. The van der Waals surface area contributed by atoms with E-state index in [9.17, 15) is 0 Å².